The molecule has 68 heavy (non-hydrogen) atoms. The van der Waals surface area contributed by atoms with Crippen LogP contribution in [0, 0.1) is 0 Å². The van der Waals surface area contributed by atoms with Crippen LogP contribution in [0.1, 0.15) is 118 Å². The summed E-state index contributed by atoms with van der Waals surface area (Å²) in [5.74, 6) is 0. The minimum absolute atomic E-state index is 0.0675. The van der Waals surface area contributed by atoms with Gasteiger partial charge in [0.25, 0.3) is 0 Å². The zero-order chi connectivity index (χ0) is 47.3. The molecule has 5 aromatic rings. The van der Waals surface area contributed by atoms with Crippen LogP contribution in [-0.2, 0) is 66.2 Å². The lowest BCUT2D eigenvalue weighted by Gasteiger charge is -2.46. The molecule has 0 spiro atoms. The maximum absolute atomic E-state index is 10.9. The van der Waals surface area contributed by atoms with Gasteiger partial charge in [-0.05, 0) is 34.2 Å². The monoisotopic (exact) mass is 930 g/mol. The second-order valence-corrected chi connectivity index (χ2v) is 18.3. The van der Waals surface area contributed by atoms with E-state index < -0.39 is 42.9 Å². The number of aliphatic hydroxyl groups is 1. The average Bonchev–Trinajstić information content (AvgIpc) is 3.39. The van der Waals surface area contributed by atoms with Crippen molar-refractivity contribution < 1.29 is 38.3 Å². The molecule has 8 atom stereocenters. The van der Waals surface area contributed by atoms with Gasteiger partial charge in [0.15, 0.2) is 6.29 Å². The predicted molar refractivity (Wildman–Crippen MR) is 270 cm³/mol. The Kier molecular flexibility index (Phi) is 24.8. The largest absolute Gasteiger partial charge is 0.394 e. The Balaban J connectivity index is 1.19. The molecule has 1 aliphatic heterocycles. The lowest BCUT2D eigenvalue weighted by molar-refractivity contribution is -0.328. The van der Waals surface area contributed by atoms with Crippen LogP contribution < -0.4 is 5.73 Å². The summed E-state index contributed by atoms with van der Waals surface area (Å²) >= 11 is 0. The number of aliphatic hydroxyl groups excluding tert-OH is 1. The third-order valence-corrected chi connectivity index (χ3v) is 12.8. The highest BCUT2D eigenvalue weighted by Gasteiger charge is 2.49. The summed E-state index contributed by atoms with van der Waals surface area (Å²) in [6, 6.07) is 49.8. The van der Waals surface area contributed by atoms with E-state index in [1.165, 1.54) is 64.2 Å². The molecule has 0 aromatic heterocycles. The molecule has 9 heteroatoms. The zero-order valence-electron chi connectivity index (χ0n) is 40.6. The van der Waals surface area contributed by atoms with Crippen LogP contribution >= 0.6 is 0 Å². The fraction of sp³-hybridized carbons (Fsp3) is 0.492. The predicted octanol–water partition coefficient (Wildman–Crippen LogP) is 12.1. The van der Waals surface area contributed by atoms with Gasteiger partial charge in [-0.3, -0.25) is 0 Å². The Morgan fingerprint density at radius 2 is 0.838 bits per heavy atom. The van der Waals surface area contributed by atoms with Crippen LogP contribution in [0.5, 0.6) is 0 Å². The smallest absolute Gasteiger partial charge is 0.187 e. The number of rotatable bonds is 34. The SMILES string of the molecule is CCCCCCCCCCCCCC[C@@H](OCc1ccccc1)[C@@H](OCc1ccccc1)[C@@H](N)CO[C@H]1O[C@H](CO)[C@H](OCc2ccccc2)[C@H](OCc2ccccc2)[C@H]1OCc1ccccc1. The molecule has 1 heterocycles. The fourth-order valence-electron chi connectivity index (χ4n) is 8.91. The number of ether oxygens (including phenoxy) is 7. The van der Waals surface area contributed by atoms with Gasteiger partial charge >= 0.3 is 0 Å². The van der Waals surface area contributed by atoms with Gasteiger partial charge < -0.3 is 44.0 Å². The van der Waals surface area contributed by atoms with Gasteiger partial charge in [0, 0.05) is 0 Å². The summed E-state index contributed by atoms with van der Waals surface area (Å²) in [6.45, 7) is 3.69. The highest BCUT2D eigenvalue weighted by atomic mass is 16.7. The Hall–Kier alpha value is -4.26. The fourth-order valence-corrected chi connectivity index (χ4v) is 8.91. The number of benzene rings is 5. The van der Waals surface area contributed by atoms with E-state index in [-0.39, 0.29) is 25.9 Å². The molecular weight excluding hydrogens is 851 g/mol. The first-order valence-corrected chi connectivity index (χ1v) is 25.5. The van der Waals surface area contributed by atoms with Crippen molar-refractivity contribution >= 4 is 0 Å². The average molecular weight is 930 g/mol. The number of nitrogens with two attached hydrogens (primary N) is 1. The van der Waals surface area contributed by atoms with E-state index in [1.807, 2.05) is 127 Å². The summed E-state index contributed by atoms with van der Waals surface area (Å²) in [6.07, 6.45) is 11.4. The van der Waals surface area contributed by atoms with Crippen LogP contribution in [0.3, 0.4) is 0 Å². The van der Waals surface area contributed by atoms with E-state index in [2.05, 4.69) is 31.2 Å². The summed E-state index contributed by atoms with van der Waals surface area (Å²) in [5, 5.41) is 10.9. The molecule has 5 aromatic carbocycles. The Morgan fingerprint density at radius 3 is 1.28 bits per heavy atom. The lowest BCUT2D eigenvalue weighted by atomic mass is 9.97. The lowest BCUT2D eigenvalue weighted by Crippen LogP contribution is -2.62. The van der Waals surface area contributed by atoms with Crippen molar-refractivity contribution in [3.05, 3.63) is 179 Å². The van der Waals surface area contributed by atoms with Gasteiger partial charge in [0.05, 0.1) is 58.4 Å². The van der Waals surface area contributed by atoms with E-state index in [1.54, 1.807) is 0 Å². The molecule has 0 bridgehead atoms. The number of hydrogen-bond acceptors (Lipinski definition) is 9. The molecule has 0 aliphatic carbocycles. The molecule has 6 rings (SSSR count). The Bertz CT molecular complexity index is 1980. The third kappa shape index (κ3) is 18.9. The summed E-state index contributed by atoms with van der Waals surface area (Å²) < 4.78 is 47.3. The second-order valence-electron chi connectivity index (χ2n) is 18.3. The van der Waals surface area contributed by atoms with Gasteiger partial charge in [-0.25, -0.2) is 0 Å². The number of unbranched alkanes of at least 4 members (excludes halogenated alkanes) is 11. The van der Waals surface area contributed by atoms with E-state index in [4.69, 9.17) is 38.9 Å². The normalized spacial score (nSPS) is 19.7. The van der Waals surface area contributed by atoms with E-state index in [0.717, 1.165) is 47.1 Å². The van der Waals surface area contributed by atoms with Gasteiger partial charge in [0.1, 0.15) is 30.5 Å². The minimum Gasteiger partial charge on any atom is -0.394 e. The molecule has 0 unspecified atom stereocenters. The topological polar surface area (TPSA) is 111 Å². The first-order chi connectivity index (χ1) is 33.6. The molecule has 3 N–H and O–H groups in total. The van der Waals surface area contributed by atoms with Crippen molar-refractivity contribution in [2.75, 3.05) is 13.2 Å². The van der Waals surface area contributed by atoms with Crippen molar-refractivity contribution in [1.29, 1.82) is 0 Å². The number of hydrogen-bond donors (Lipinski definition) is 2. The van der Waals surface area contributed by atoms with E-state index in [9.17, 15) is 5.11 Å². The van der Waals surface area contributed by atoms with Crippen LogP contribution in [0.15, 0.2) is 152 Å². The van der Waals surface area contributed by atoms with Crippen molar-refractivity contribution in [3.8, 4) is 0 Å². The second kappa shape index (κ2) is 31.8. The Labute approximate surface area is 407 Å². The first kappa shape index (κ1) is 53.1. The standard InChI is InChI=1S/C59H79NO8/c1-2-3-4-5-6-7-8-9-10-11-12-28-39-53(62-41-47-29-18-13-19-30-47)55(63-42-48-31-20-14-21-32-48)52(60)46-67-59-58(66-45-51-37-26-17-27-38-51)57(65-44-50-35-24-16-25-36-50)56(54(40-61)68-59)64-43-49-33-22-15-23-34-49/h13-27,29-38,52-59,61H,2-12,28,39-46,60H2,1H3/t52-,53+,54+,55-,56-,57-,58+,59-/m0/s1. The van der Waals surface area contributed by atoms with E-state index in [0.29, 0.717) is 26.4 Å². The highest BCUT2D eigenvalue weighted by molar-refractivity contribution is 5.17. The summed E-state index contributed by atoms with van der Waals surface area (Å²) in [5.41, 5.74) is 12.4. The van der Waals surface area contributed by atoms with Crippen LogP contribution in [-0.4, -0.2) is 67.3 Å². The summed E-state index contributed by atoms with van der Waals surface area (Å²) in [4.78, 5) is 0. The molecule has 0 saturated carbocycles. The molecule has 0 radical (unpaired) electrons. The molecule has 9 nitrogen and oxygen atoms in total. The summed E-state index contributed by atoms with van der Waals surface area (Å²) in [7, 11) is 0. The molecular formula is C59H79NO8. The van der Waals surface area contributed by atoms with Crippen LogP contribution in [0.2, 0.25) is 0 Å². The van der Waals surface area contributed by atoms with Crippen molar-refractivity contribution in [3.63, 3.8) is 0 Å². The Morgan fingerprint density at radius 1 is 0.456 bits per heavy atom. The minimum atomic E-state index is -0.964. The maximum atomic E-state index is 10.9. The third-order valence-electron chi connectivity index (χ3n) is 12.8. The van der Waals surface area contributed by atoms with Gasteiger partial charge in [-0.2, -0.15) is 0 Å². The maximum Gasteiger partial charge on any atom is 0.187 e. The van der Waals surface area contributed by atoms with Gasteiger partial charge in [-0.1, -0.05) is 236 Å². The molecule has 368 valence electrons. The van der Waals surface area contributed by atoms with Crippen LogP contribution in [0.25, 0.3) is 0 Å². The van der Waals surface area contributed by atoms with Crippen molar-refractivity contribution in [2.45, 2.75) is 172 Å². The molecule has 1 aliphatic rings. The highest BCUT2D eigenvalue weighted by Crippen LogP contribution is 2.32. The van der Waals surface area contributed by atoms with Crippen molar-refractivity contribution in [1.82, 2.24) is 0 Å². The van der Waals surface area contributed by atoms with Gasteiger partial charge in [0.2, 0.25) is 0 Å². The molecule has 1 fully saturated rings. The zero-order valence-corrected chi connectivity index (χ0v) is 40.6. The molecule has 0 amide bonds. The van der Waals surface area contributed by atoms with E-state index >= 15 is 0 Å². The molecule has 1 saturated heterocycles. The quantitative estimate of drug-likeness (QED) is 0.0390. The van der Waals surface area contributed by atoms with Gasteiger partial charge in [-0.15, -0.1) is 0 Å². The van der Waals surface area contributed by atoms with Crippen LogP contribution in [0.4, 0.5) is 0 Å². The van der Waals surface area contributed by atoms with Crippen molar-refractivity contribution in [2.24, 2.45) is 5.73 Å². The first-order valence-electron chi connectivity index (χ1n) is 25.5.